The van der Waals surface area contributed by atoms with Gasteiger partial charge in [-0.25, -0.2) is 8.42 Å². The van der Waals surface area contributed by atoms with Crippen LogP contribution in [0.5, 0.6) is 0 Å². The summed E-state index contributed by atoms with van der Waals surface area (Å²) in [5.41, 5.74) is 6.44. The van der Waals surface area contributed by atoms with E-state index in [9.17, 15) is 8.42 Å². The lowest BCUT2D eigenvalue weighted by Gasteiger charge is -2.10. The van der Waals surface area contributed by atoms with Crippen LogP contribution >= 0.6 is 11.6 Å². The van der Waals surface area contributed by atoms with Crippen LogP contribution in [0.25, 0.3) is 0 Å². The van der Waals surface area contributed by atoms with Gasteiger partial charge in [-0.3, -0.25) is 10.1 Å². The van der Waals surface area contributed by atoms with Crippen molar-refractivity contribution in [2.24, 2.45) is 5.10 Å². The van der Waals surface area contributed by atoms with Crippen LogP contribution in [0.1, 0.15) is 29.4 Å². The van der Waals surface area contributed by atoms with Crippen molar-refractivity contribution in [2.45, 2.75) is 26.3 Å². The summed E-state index contributed by atoms with van der Waals surface area (Å²) in [5, 5.41) is 9.42. The van der Waals surface area contributed by atoms with Crippen LogP contribution in [-0.4, -0.2) is 35.9 Å². The maximum atomic E-state index is 11.7. The zero-order valence-electron chi connectivity index (χ0n) is 13.5. The van der Waals surface area contributed by atoms with Crippen molar-refractivity contribution in [3.63, 3.8) is 0 Å². The first-order valence-electron chi connectivity index (χ1n) is 7.66. The third kappa shape index (κ3) is 3.62. The molecule has 8 heteroatoms. The molecule has 1 N–H and O–H groups in total. The number of aryl methyl sites for hydroxylation is 1. The van der Waals surface area contributed by atoms with Crippen molar-refractivity contribution in [2.75, 3.05) is 16.9 Å². The first-order chi connectivity index (χ1) is 11.4. The van der Waals surface area contributed by atoms with Gasteiger partial charge in [0.1, 0.15) is 0 Å². The molecule has 0 spiro atoms. The summed E-state index contributed by atoms with van der Waals surface area (Å²) >= 11 is 5.85. The molecular formula is C16H19ClN4O2S. The van der Waals surface area contributed by atoms with Crippen molar-refractivity contribution < 1.29 is 8.42 Å². The Hall–Kier alpha value is -1.86. The second kappa shape index (κ2) is 6.57. The summed E-state index contributed by atoms with van der Waals surface area (Å²) in [6.07, 6.45) is 2.33. The van der Waals surface area contributed by atoms with E-state index in [2.05, 4.69) is 15.6 Å². The van der Waals surface area contributed by atoms with Gasteiger partial charge >= 0.3 is 0 Å². The summed E-state index contributed by atoms with van der Waals surface area (Å²) in [7, 11) is -2.94. The van der Waals surface area contributed by atoms with E-state index < -0.39 is 9.84 Å². The Kier molecular flexibility index (Phi) is 4.64. The molecule has 1 aliphatic rings. The van der Waals surface area contributed by atoms with Gasteiger partial charge in [0.2, 0.25) is 0 Å². The summed E-state index contributed by atoms with van der Waals surface area (Å²) < 4.78 is 25.2. The fourth-order valence-electron chi connectivity index (χ4n) is 2.88. The molecule has 0 bridgehead atoms. The Bertz CT molecular complexity index is 872. The van der Waals surface area contributed by atoms with E-state index in [1.165, 1.54) is 0 Å². The number of hydrazone groups is 1. The molecule has 1 aliphatic heterocycles. The molecule has 1 unspecified atom stereocenters. The van der Waals surface area contributed by atoms with E-state index in [4.69, 9.17) is 11.6 Å². The average molecular weight is 367 g/mol. The third-order valence-electron chi connectivity index (χ3n) is 4.17. The molecule has 3 rings (SSSR count). The van der Waals surface area contributed by atoms with Gasteiger partial charge in [-0.2, -0.15) is 10.2 Å². The van der Waals surface area contributed by atoms with Gasteiger partial charge in [-0.05, 0) is 44.5 Å². The number of benzene rings is 1. The molecule has 1 atom stereocenters. The second-order valence-electron chi connectivity index (χ2n) is 5.96. The quantitative estimate of drug-likeness (QED) is 0.666. The molecule has 24 heavy (non-hydrogen) atoms. The third-order valence-corrected chi connectivity index (χ3v) is 6.17. The smallest absolute Gasteiger partial charge is 0.152 e. The molecule has 1 fully saturated rings. The highest BCUT2D eigenvalue weighted by molar-refractivity contribution is 7.91. The largest absolute Gasteiger partial charge is 0.279 e. The van der Waals surface area contributed by atoms with Crippen molar-refractivity contribution in [3.05, 3.63) is 46.2 Å². The van der Waals surface area contributed by atoms with E-state index in [1.54, 1.807) is 18.3 Å². The number of hydrogen-bond donors (Lipinski definition) is 1. The van der Waals surface area contributed by atoms with Crippen molar-refractivity contribution >= 4 is 33.3 Å². The van der Waals surface area contributed by atoms with Crippen LogP contribution in [0.2, 0.25) is 5.02 Å². The molecular weight excluding hydrogens is 348 g/mol. The predicted molar refractivity (Wildman–Crippen MR) is 96.7 cm³/mol. The number of sulfone groups is 1. The van der Waals surface area contributed by atoms with Gasteiger partial charge in [-0.15, -0.1) is 0 Å². The van der Waals surface area contributed by atoms with E-state index >= 15 is 0 Å². The van der Waals surface area contributed by atoms with Gasteiger partial charge < -0.3 is 0 Å². The monoisotopic (exact) mass is 366 g/mol. The van der Waals surface area contributed by atoms with Crippen LogP contribution < -0.4 is 5.43 Å². The number of nitrogens with one attached hydrogen (secondary N) is 1. The molecule has 0 radical (unpaired) electrons. The van der Waals surface area contributed by atoms with Crippen LogP contribution in [0.15, 0.2) is 29.4 Å². The van der Waals surface area contributed by atoms with Gasteiger partial charge in [0.25, 0.3) is 0 Å². The molecule has 128 valence electrons. The SMILES string of the molecule is Cc1nn(C2CCS(=O)(=O)C2)c(C)c1/C=N/Nc1ccc(Cl)cc1. The second-order valence-corrected chi connectivity index (χ2v) is 8.63. The number of nitrogens with zero attached hydrogens (tertiary/aromatic N) is 3. The first kappa shape index (κ1) is 17.0. The Balaban J connectivity index is 1.77. The Morgan fingerprint density at radius 2 is 2.04 bits per heavy atom. The predicted octanol–water partition coefficient (Wildman–Crippen LogP) is 2.96. The minimum atomic E-state index is -2.94. The summed E-state index contributed by atoms with van der Waals surface area (Å²) in [6, 6.07) is 7.17. The molecule has 1 aromatic carbocycles. The summed E-state index contributed by atoms with van der Waals surface area (Å²) in [4.78, 5) is 0. The Morgan fingerprint density at radius 1 is 1.33 bits per heavy atom. The van der Waals surface area contributed by atoms with Crippen LogP contribution in [0.4, 0.5) is 5.69 Å². The number of rotatable bonds is 4. The molecule has 0 aliphatic carbocycles. The van der Waals surface area contributed by atoms with Crippen molar-refractivity contribution in [3.8, 4) is 0 Å². The standard InChI is InChI=1S/C16H19ClN4O2S/c1-11-16(9-18-19-14-5-3-13(17)4-6-14)12(2)21(20-11)15-7-8-24(22,23)10-15/h3-6,9,15,19H,7-8,10H2,1-2H3/b18-9+. The Labute approximate surface area is 146 Å². The number of hydrogen-bond acceptors (Lipinski definition) is 5. The molecule has 1 saturated heterocycles. The van der Waals surface area contributed by atoms with Crippen LogP contribution in [0, 0.1) is 13.8 Å². The van der Waals surface area contributed by atoms with Gasteiger partial charge in [0.15, 0.2) is 9.84 Å². The van der Waals surface area contributed by atoms with Gasteiger partial charge in [-0.1, -0.05) is 11.6 Å². The maximum absolute atomic E-state index is 11.7. The molecule has 0 amide bonds. The van der Waals surface area contributed by atoms with Crippen molar-refractivity contribution in [1.82, 2.24) is 9.78 Å². The summed E-state index contributed by atoms with van der Waals surface area (Å²) in [6.45, 7) is 3.84. The lowest BCUT2D eigenvalue weighted by molar-refractivity contribution is 0.486. The number of halogens is 1. The minimum Gasteiger partial charge on any atom is -0.279 e. The number of anilines is 1. The Morgan fingerprint density at radius 3 is 2.67 bits per heavy atom. The van der Waals surface area contributed by atoms with Crippen LogP contribution in [0.3, 0.4) is 0 Å². The fourth-order valence-corrected chi connectivity index (χ4v) is 4.70. The van der Waals surface area contributed by atoms with Gasteiger partial charge in [0, 0.05) is 16.3 Å². The lowest BCUT2D eigenvalue weighted by Crippen LogP contribution is -2.14. The number of aromatic nitrogens is 2. The van der Waals surface area contributed by atoms with Crippen LogP contribution in [-0.2, 0) is 9.84 Å². The van der Waals surface area contributed by atoms with E-state index in [0.717, 1.165) is 22.6 Å². The highest BCUT2D eigenvalue weighted by atomic mass is 35.5. The van der Waals surface area contributed by atoms with E-state index in [1.807, 2.05) is 30.7 Å². The molecule has 0 saturated carbocycles. The van der Waals surface area contributed by atoms with Gasteiger partial charge in [0.05, 0.1) is 35.1 Å². The maximum Gasteiger partial charge on any atom is 0.152 e. The van der Waals surface area contributed by atoms with Crippen molar-refractivity contribution in [1.29, 1.82) is 0 Å². The molecule has 6 nitrogen and oxygen atoms in total. The first-order valence-corrected chi connectivity index (χ1v) is 9.86. The lowest BCUT2D eigenvalue weighted by atomic mass is 10.2. The molecule has 1 aromatic heterocycles. The summed E-state index contributed by atoms with van der Waals surface area (Å²) in [5.74, 6) is 0.395. The van der Waals surface area contributed by atoms with E-state index in [0.29, 0.717) is 11.4 Å². The highest BCUT2D eigenvalue weighted by Crippen LogP contribution is 2.26. The zero-order chi connectivity index (χ0) is 17.3. The topological polar surface area (TPSA) is 76.3 Å². The molecule has 2 heterocycles. The van der Waals surface area contributed by atoms with E-state index in [-0.39, 0.29) is 17.5 Å². The fraction of sp³-hybridized carbons (Fsp3) is 0.375. The average Bonchev–Trinajstić information content (AvgIpc) is 3.02. The zero-order valence-corrected chi connectivity index (χ0v) is 15.1. The highest BCUT2D eigenvalue weighted by Gasteiger charge is 2.31. The molecule has 2 aromatic rings. The minimum absolute atomic E-state index is 0.0833. The normalized spacial score (nSPS) is 19.9.